The molecule has 0 unspecified atom stereocenters. The minimum Gasteiger partial charge on any atom is -0.364 e. The summed E-state index contributed by atoms with van der Waals surface area (Å²) in [6, 6.07) is 6.29. The topological polar surface area (TPSA) is 43.9 Å². The summed E-state index contributed by atoms with van der Waals surface area (Å²) < 4.78 is 7.15. The van der Waals surface area contributed by atoms with Gasteiger partial charge in [0.1, 0.15) is 12.1 Å². The maximum absolute atomic E-state index is 5.06. The van der Waals surface area contributed by atoms with E-state index < -0.39 is 0 Å². The Morgan fingerprint density at radius 1 is 1.33 bits per heavy atom. The molecule has 1 aromatic carbocycles. The fraction of sp³-hybridized carbons (Fsp3) is 0.286. The van der Waals surface area contributed by atoms with Crippen molar-refractivity contribution in [2.45, 2.75) is 20.3 Å². The summed E-state index contributed by atoms with van der Waals surface area (Å²) in [6.07, 6.45) is 2.51. The molecule has 0 spiro atoms. The number of aryl methyl sites for hydroxylation is 3. The molecular formula is C14H15N3O. The van der Waals surface area contributed by atoms with Gasteiger partial charge in [-0.2, -0.15) is 0 Å². The second-order valence-corrected chi connectivity index (χ2v) is 4.52. The van der Waals surface area contributed by atoms with Crippen LogP contribution in [0.5, 0.6) is 0 Å². The third kappa shape index (κ3) is 1.53. The first-order valence-corrected chi connectivity index (χ1v) is 6.07. The molecule has 0 saturated carbocycles. The minimum atomic E-state index is 0.841. The number of imidazole rings is 1. The molecule has 0 atom stereocenters. The molecule has 0 saturated heterocycles. The molecule has 0 aliphatic carbocycles. The van der Waals surface area contributed by atoms with Gasteiger partial charge in [0, 0.05) is 7.05 Å². The van der Waals surface area contributed by atoms with Crippen molar-refractivity contribution in [3.63, 3.8) is 0 Å². The van der Waals surface area contributed by atoms with E-state index in [0.717, 1.165) is 34.5 Å². The molecule has 3 aromatic rings. The fourth-order valence-electron chi connectivity index (χ4n) is 2.25. The normalized spacial score (nSPS) is 11.3. The van der Waals surface area contributed by atoms with Crippen molar-refractivity contribution in [2.24, 2.45) is 7.05 Å². The lowest BCUT2D eigenvalue weighted by Gasteiger charge is -2.00. The highest BCUT2D eigenvalue weighted by Crippen LogP contribution is 2.26. The first-order chi connectivity index (χ1) is 8.70. The summed E-state index contributed by atoms with van der Waals surface area (Å²) in [5, 5.41) is 4.01. The Hall–Kier alpha value is -2.10. The van der Waals surface area contributed by atoms with E-state index in [1.807, 2.05) is 7.05 Å². The SMILES string of the molecule is CCc1nocc1-c1nc2cc(C)ccc2n1C. The van der Waals surface area contributed by atoms with Crippen LogP contribution in [0, 0.1) is 6.92 Å². The first-order valence-electron chi connectivity index (χ1n) is 6.07. The van der Waals surface area contributed by atoms with Gasteiger partial charge in [-0.15, -0.1) is 0 Å². The van der Waals surface area contributed by atoms with E-state index in [4.69, 9.17) is 4.52 Å². The molecule has 2 heterocycles. The highest BCUT2D eigenvalue weighted by atomic mass is 16.5. The minimum absolute atomic E-state index is 0.841. The summed E-state index contributed by atoms with van der Waals surface area (Å²) in [6.45, 7) is 4.14. The van der Waals surface area contributed by atoms with Crippen molar-refractivity contribution in [2.75, 3.05) is 0 Å². The molecule has 0 fully saturated rings. The molecule has 0 aliphatic heterocycles. The zero-order valence-corrected chi connectivity index (χ0v) is 10.8. The number of hydrogen-bond acceptors (Lipinski definition) is 3. The van der Waals surface area contributed by atoms with Crippen LogP contribution in [0.1, 0.15) is 18.2 Å². The number of rotatable bonds is 2. The monoisotopic (exact) mass is 241 g/mol. The number of fused-ring (bicyclic) bond motifs is 1. The Balaban J connectivity index is 2.27. The van der Waals surface area contributed by atoms with Gasteiger partial charge < -0.3 is 9.09 Å². The molecule has 0 N–H and O–H groups in total. The Labute approximate surface area is 105 Å². The predicted octanol–water partition coefficient (Wildman–Crippen LogP) is 3.10. The van der Waals surface area contributed by atoms with Crippen LogP contribution in [-0.4, -0.2) is 14.7 Å². The van der Waals surface area contributed by atoms with Crippen LogP contribution in [0.4, 0.5) is 0 Å². The quantitative estimate of drug-likeness (QED) is 0.692. The Bertz CT molecular complexity index is 709. The smallest absolute Gasteiger partial charge is 0.146 e. The molecule has 0 radical (unpaired) electrons. The fourth-order valence-corrected chi connectivity index (χ4v) is 2.25. The Morgan fingerprint density at radius 2 is 2.17 bits per heavy atom. The van der Waals surface area contributed by atoms with Crippen LogP contribution in [0.3, 0.4) is 0 Å². The van der Waals surface area contributed by atoms with Gasteiger partial charge in [-0.1, -0.05) is 18.1 Å². The molecular weight excluding hydrogens is 226 g/mol. The maximum Gasteiger partial charge on any atom is 0.146 e. The van der Waals surface area contributed by atoms with Crippen LogP contribution in [-0.2, 0) is 13.5 Å². The summed E-state index contributed by atoms with van der Waals surface area (Å²) >= 11 is 0. The van der Waals surface area contributed by atoms with E-state index in [2.05, 4.69) is 46.8 Å². The van der Waals surface area contributed by atoms with E-state index in [9.17, 15) is 0 Å². The average molecular weight is 241 g/mol. The third-order valence-electron chi connectivity index (χ3n) is 3.26. The van der Waals surface area contributed by atoms with Gasteiger partial charge in [0.15, 0.2) is 0 Å². The standard InChI is InChI=1S/C14H15N3O/c1-4-11-10(8-18-16-11)14-15-12-7-9(2)5-6-13(12)17(14)3/h5-8H,4H2,1-3H3. The van der Waals surface area contributed by atoms with Crippen molar-refractivity contribution < 1.29 is 4.52 Å². The van der Waals surface area contributed by atoms with Crippen LogP contribution in [0.2, 0.25) is 0 Å². The van der Waals surface area contributed by atoms with Gasteiger partial charge in [0.05, 0.1) is 22.3 Å². The predicted molar refractivity (Wildman–Crippen MR) is 70.3 cm³/mol. The summed E-state index contributed by atoms with van der Waals surface area (Å²) in [4.78, 5) is 4.69. The lowest BCUT2D eigenvalue weighted by atomic mass is 10.2. The van der Waals surface area contributed by atoms with Gasteiger partial charge in [0.2, 0.25) is 0 Å². The zero-order valence-electron chi connectivity index (χ0n) is 10.8. The van der Waals surface area contributed by atoms with Crippen LogP contribution in [0.25, 0.3) is 22.4 Å². The maximum atomic E-state index is 5.06. The van der Waals surface area contributed by atoms with E-state index >= 15 is 0 Å². The largest absolute Gasteiger partial charge is 0.364 e. The van der Waals surface area contributed by atoms with E-state index in [1.165, 1.54) is 5.56 Å². The van der Waals surface area contributed by atoms with Crippen molar-refractivity contribution in [1.82, 2.24) is 14.7 Å². The second-order valence-electron chi connectivity index (χ2n) is 4.52. The Kier molecular flexibility index (Phi) is 2.44. The molecule has 4 heteroatoms. The van der Waals surface area contributed by atoms with Gasteiger partial charge in [-0.3, -0.25) is 0 Å². The number of nitrogens with zero attached hydrogens (tertiary/aromatic N) is 3. The Morgan fingerprint density at radius 3 is 2.94 bits per heavy atom. The molecule has 92 valence electrons. The van der Waals surface area contributed by atoms with Gasteiger partial charge in [0.25, 0.3) is 0 Å². The highest BCUT2D eigenvalue weighted by molar-refractivity contribution is 5.81. The van der Waals surface area contributed by atoms with Gasteiger partial charge >= 0.3 is 0 Å². The lowest BCUT2D eigenvalue weighted by molar-refractivity contribution is 0.412. The van der Waals surface area contributed by atoms with Gasteiger partial charge in [-0.05, 0) is 31.0 Å². The molecule has 3 rings (SSSR count). The molecule has 2 aromatic heterocycles. The molecule has 18 heavy (non-hydrogen) atoms. The molecule has 0 bridgehead atoms. The van der Waals surface area contributed by atoms with Crippen molar-refractivity contribution in [3.8, 4) is 11.4 Å². The second kappa shape index (κ2) is 3.98. The van der Waals surface area contributed by atoms with E-state index in [-0.39, 0.29) is 0 Å². The van der Waals surface area contributed by atoms with Crippen molar-refractivity contribution >= 4 is 11.0 Å². The summed E-state index contributed by atoms with van der Waals surface area (Å²) in [5.74, 6) is 0.911. The van der Waals surface area contributed by atoms with Gasteiger partial charge in [-0.25, -0.2) is 4.98 Å². The third-order valence-corrected chi connectivity index (χ3v) is 3.26. The first kappa shape index (κ1) is 11.0. The molecule has 0 aliphatic rings. The van der Waals surface area contributed by atoms with Crippen LogP contribution < -0.4 is 0 Å². The number of benzene rings is 1. The number of aromatic nitrogens is 3. The average Bonchev–Trinajstić information content (AvgIpc) is 2.93. The van der Waals surface area contributed by atoms with E-state index in [0.29, 0.717) is 0 Å². The van der Waals surface area contributed by atoms with Crippen LogP contribution >= 0.6 is 0 Å². The zero-order chi connectivity index (χ0) is 12.7. The van der Waals surface area contributed by atoms with Crippen molar-refractivity contribution in [1.29, 1.82) is 0 Å². The number of hydrogen-bond donors (Lipinski definition) is 0. The molecule has 4 nitrogen and oxygen atoms in total. The summed E-state index contributed by atoms with van der Waals surface area (Å²) in [5.41, 5.74) is 5.28. The highest BCUT2D eigenvalue weighted by Gasteiger charge is 2.15. The lowest BCUT2D eigenvalue weighted by Crippen LogP contribution is -1.94. The van der Waals surface area contributed by atoms with Crippen LogP contribution in [0.15, 0.2) is 29.0 Å². The molecule has 0 amide bonds. The van der Waals surface area contributed by atoms with Crippen molar-refractivity contribution in [3.05, 3.63) is 35.7 Å². The summed E-state index contributed by atoms with van der Waals surface area (Å²) in [7, 11) is 2.02. The van der Waals surface area contributed by atoms with E-state index in [1.54, 1.807) is 6.26 Å².